The molecule has 0 spiro atoms. The summed E-state index contributed by atoms with van der Waals surface area (Å²) in [6.07, 6.45) is 8.17. The van der Waals surface area contributed by atoms with Crippen molar-refractivity contribution in [2.45, 2.75) is 16.1 Å². The van der Waals surface area contributed by atoms with Crippen molar-refractivity contribution in [2.75, 3.05) is 0 Å². The van der Waals surface area contributed by atoms with Gasteiger partial charge in [0.2, 0.25) is 0 Å². The van der Waals surface area contributed by atoms with Crippen LogP contribution in [0.25, 0.3) is 0 Å². The van der Waals surface area contributed by atoms with Crippen LogP contribution in [0.15, 0.2) is 83.9 Å². The van der Waals surface area contributed by atoms with Gasteiger partial charge in [-0.05, 0) is 23.8 Å². The second-order valence-electron chi connectivity index (χ2n) is 4.40. The lowest BCUT2D eigenvalue weighted by molar-refractivity contribution is 0.804. The molecule has 0 amide bonds. The molecule has 2 aromatic rings. The molecular weight excluding hydrogens is 260 g/mol. The molecule has 0 radical (unpaired) electrons. The lowest BCUT2D eigenvalue weighted by Crippen LogP contribution is -2.18. The van der Waals surface area contributed by atoms with Crippen LogP contribution in [0.4, 0.5) is 0 Å². The highest BCUT2D eigenvalue weighted by atomic mass is 32.2. The smallest absolute Gasteiger partial charge is 0.0817 e. The topological polar surface area (TPSA) is 0 Å². The summed E-state index contributed by atoms with van der Waals surface area (Å²) in [6.45, 7) is 3.73. The Morgan fingerprint density at radius 2 is 1.65 bits per heavy atom. The summed E-state index contributed by atoms with van der Waals surface area (Å²) < 4.78 is -0.320. The minimum atomic E-state index is -0.320. The van der Waals surface area contributed by atoms with Gasteiger partial charge in [0.25, 0.3) is 0 Å². The lowest BCUT2D eigenvalue weighted by atomic mass is 9.95. The lowest BCUT2D eigenvalue weighted by Gasteiger charge is -2.28. The molecule has 20 heavy (non-hydrogen) atoms. The summed E-state index contributed by atoms with van der Waals surface area (Å²) in [6, 6.07) is 20.5. The normalized spacial score (nSPS) is 12.8. The fourth-order valence-electron chi connectivity index (χ4n) is 2.10. The van der Waals surface area contributed by atoms with Crippen LogP contribution in [0.5, 0.6) is 0 Å². The third-order valence-electron chi connectivity index (χ3n) is 3.01. The summed E-state index contributed by atoms with van der Waals surface area (Å²) >= 11 is 1.74. The molecule has 0 aliphatic carbocycles. The monoisotopic (exact) mass is 276 g/mol. The molecule has 0 N–H and O–H groups in total. The Morgan fingerprint density at radius 3 is 2.20 bits per heavy atom. The van der Waals surface area contributed by atoms with Gasteiger partial charge in [0.15, 0.2) is 0 Å². The van der Waals surface area contributed by atoms with Crippen molar-refractivity contribution >= 4 is 11.8 Å². The predicted molar refractivity (Wildman–Crippen MR) is 87.6 cm³/mol. The summed E-state index contributed by atoms with van der Waals surface area (Å²) in [5.74, 6) is 2.79. The minimum Gasteiger partial charge on any atom is -0.131 e. The minimum absolute atomic E-state index is 0.320. The number of thioether (sulfide) groups is 1. The van der Waals surface area contributed by atoms with E-state index in [1.807, 2.05) is 42.5 Å². The maximum absolute atomic E-state index is 5.60. The molecule has 2 rings (SSSR count). The highest BCUT2D eigenvalue weighted by molar-refractivity contribution is 8.00. The zero-order valence-corrected chi connectivity index (χ0v) is 12.1. The van der Waals surface area contributed by atoms with Gasteiger partial charge < -0.3 is 0 Å². The van der Waals surface area contributed by atoms with E-state index in [1.165, 1.54) is 10.5 Å². The Morgan fingerprint density at radius 1 is 1.05 bits per heavy atom. The molecule has 1 heteroatoms. The van der Waals surface area contributed by atoms with Crippen LogP contribution in [0, 0.1) is 12.3 Å². The summed E-state index contributed by atoms with van der Waals surface area (Å²) in [5.41, 5.74) is 4.09. The number of hydrogen-bond acceptors (Lipinski definition) is 1. The van der Waals surface area contributed by atoms with Gasteiger partial charge in [-0.15, -0.1) is 29.8 Å². The van der Waals surface area contributed by atoms with Gasteiger partial charge in [-0.1, -0.05) is 55.1 Å². The van der Waals surface area contributed by atoms with Crippen molar-refractivity contribution in [2.24, 2.45) is 0 Å². The quantitative estimate of drug-likeness (QED) is 0.419. The molecule has 0 aliphatic heterocycles. The number of rotatable bonds is 5. The van der Waals surface area contributed by atoms with Crippen LogP contribution in [0.3, 0.4) is 0 Å². The molecule has 1 unspecified atom stereocenters. The first-order valence-electron chi connectivity index (χ1n) is 6.41. The average Bonchev–Trinajstić information content (AvgIpc) is 2.49. The Labute approximate surface area is 125 Å². The molecule has 0 nitrogen and oxygen atoms in total. The van der Waals surface area contributed by atoms with Crippen LogP contribution >= 0.6 is 11.8 Å². The first-order chi connectivity index (χ1) is 9.80. The van der Waals surface area contributed by atoms with Crippen LogP contribution in [0.1, 0.15) is 12.0 Å². The van der Waals surface area contributed by atoms with E-state index in [2.05, 4.69) is 42.5 Å². The largest absolute Gasteiger partial charge is 0.131 e. The van der Waals surface area contributed by atoms with Crippen molar-refractivity contribution in [3.05, 3.63) is 84.6 Å². The van der Waals surface area contributed by atoms with Crippen molar-refractivity contribution in [1.29, 1.82) is 0 Å². The Hall–Kier alpha value is -2.13. The van der Waals surface area contributed by atoms with E-state index < -0.39 is 0 Å². The summed E-state index contributed by atoms with van der Waals surface area (Å²) in [4.78, 5) is 1.18. The Kier molecular flexibility index (Phi) is 4.91. The fourth-order valence-corrected chi connectivity index (χ4v) is 3.36. The molecule has 0 aliphatic rings. The molecule has 98 valence electrons. The van der Waals surface area contributed by atoms with E-state index >= 15 is 0 Å². The Balaban J connectivity index is 2.48. The first kappa shape index (κ1) is 14.3. The molecule has 1 atom stereocenters. The van der Waals surface area contributed by atoms with Gasteiger partial charge in [-0.3, -0.25) is 0 Å². The maximum Gasteiger partial charge on any atom is 0.0817 e. The van der Waals surface area contributed by atoms with Gasteiger partial charge in [0, 0.05) is 11.3 Å². The highest BCUT2D eigenvalue weighted by Crippen LogP contribution is 2.45. The van der Waals surface area contributed by atoms with Crippen LogP contribution in [0.2, 0.25) is 0 Å². The van der Waals surface area contributed by atoms with Gasteiger partial charge in [0.1, 0.15) is 0 Å². The van der Waals surface area contributed by atoms with E-state index in [0.29, 0.717) is 6.42 Å². The summed E-state index contributed by atoms with van der Waals surface area (Å²) in [7, 11) is 0. The molecule has 0 fully saturated rings. The van der Waals surface area contributed by atoms with E-state index in [-0.39, 0.29) is 4.75 Å². The van der Waals surface area contributed by atoms with E-state index in [4.69, 9.17) is 6.42 Å². The SMILES string of the molecule is C#CCC(C=C=C)(Sc1ccccc1)c1ccccc1. The zero-order valence-electron chi connectivity index (χ0n) is 11.3. The van der Waals surface area contributed by atoms with Crippen LogP contribution in [-0.2, 0) is 4.75 Å². The van der Waals surface area contributed by atoms with E-state index in [9.17, 15) is 0 Å². The molecule has 0 aromatic heterocycles. The molecule has 0 saturated carbocycles. The van der Waals surface area contributed by atoms with Crippen LogP contribution in [-0.4, -0.2) is 0 Å². The third-order valence-corrected chi connectivity index (χ3v) is 4.38. The number of benzene rings is 2. The van der Waals surface area contributed by atoms with Crippen molar-refractivity contribution in [3.8, 4) is 12.3 Å². The predicted octanol–water partition coefficient (Wildman–Crippen LogP) is 5.04. The molecule has 0 heterocycles. The molecule has 0 saturated heterocycles. The highest BCUT2D eigenvalue weighted by Gasteiger charge is 2.30. The number of hydrogen-bond donors (Lipinski definition) is 0. The first-order valence-corrected chi connectivity index (χ1v) is 7.22. The average molecular weight is 276 g/mol. The van der Waals surface area contributed by atoms with Crippen molar-refractivity contribution in [1.82, 2.24) is 0 Å². The third kappa shape index (κ3) is 3.25. The maximum atomic E-state index is 5.60. The second kappa shape index (κ2) is 6.87. The molecule has 2 aromatic carbocycles. The van der Waals surface area contributed by atoms with E-state index in [1.54, 1.807) is 11.8 Å². The summed E-state index contributed by atoms with van der Waals surface area (Å²) in [5, 5.41) is 0. The van der Waals surface area contributed by atoms with Crippen molar-refractivity contribution < 1.29 is 0 Å². The second-order valence-corrected chi connectivity index (χ2v) is 5.80. The van der Waals surface area contributed by atoms with Gasteiger partial charge in [-0.2, -0.15) is 0 Å². The van der Waals surface area contributed by atoms with Crippen LogP contribution < -0.4 is 0 Å². The van der Waals surface area contributed by atoms with Gasteiger partial charge in [0.05, 0.1) is 4.75 Å². The molecule has 0 bridgehead atoms. The number of terminal acetylenes is 1. The standard InChI is InChI=1S/C19H16S/c1-3-15-19(16-4-2,17-11-7-5-8-12-17)20-18-13-9-6-10-14-18/h1,5-14,16H,2,15H2. The fraction of sp³-hybridized carbons (Fsp3) is 0.105. The van der Waals surface area contributed by atoms with Gasteiger partial charge >= 0.3 is 0 Å². The van der Waals surface area contributed by atoms with Crippen molar-refractivity contribution in [3.63, 3.8) is 0 Å². The van der Waals surface area contributed by atoms with Gasteiger partial charge in [-0.25, -0.2) is 0 Å². The Bertz CT molecular complexity index is 630. The zero-order chi connectivity index (χ0) is 14.3. The van der Waals surface area contributed by atoms with E-state index in [0.717, 1.165) is 0 Å². The molecular formula is C19H16S.